The number of anilines is 1. The molecule has 3 aromatic carbocycles. The molecule has 1 aliphatic rings. The zero-order valence-electron chi connectivity index (χ0n) is 20.2. The summed E-state index contributed by atoms with van der Waals surface area (Å²) in [5.74, 6) is -2.47. The number of rotatable bonds is 5. The van der Waals surface area contributed by atoms with Gasteiger partial charge in [-0.25, -0.2) is 14.5 Å². The number of barbiturate groups is 1. The lowest BCUT2D eigenvalue weighted by Gasteiger charge is -2.26. The van der Waals surface area contributed by atoms with Crippen LogP contribution < -0.4 is 10.2 Å². The molecule has 1 fully saturated rings. The number of fused-ring (bicyclic) bond motifs is 1. The number of hydrogen-bond donors (Lipinski definition) is 2. The molecule has 1 aromatic heterocycles. The number of nitrogens with zero attached hydrogens (tertiary/aromatic N) is 2. The number of nitrogens with one attached hydrogen (secondary N) is 1. The van der Waals surface area contributed by atoms with Crippen molar-refractivity contribution in [3.63, 3.8) is 0 Å². The summed E-state index contributed by atoms with van der Waals surface area (Å²) in [4.78, 5) is 51.2. The average Bonchev–Trinajstić information content (AvgIpc) is 3.18. The van der Waals surface area contributed by atoms with Crippen molar-refractivity contribution in [1.29, 1.82) is 0 Å². The van der Waals surface area contributed by atoms with Gasteiger partial charge in [0, 0.05) is 29.2 Å². The van der Waals surface area contributed by atoms with E-state index in [1.54, 1.807) is 24.3 Å². The van der Waals surface area contributed by atoms with Crippen LogP contribution in [0.3, 0.4) is 0 Å². The molecule has 0 aliphatic carbocycles. The third-order valence-corrected chi connectivity index (χ3v) is 6.21. The normalized spacial score (nSPS) is 14.9. The number of benzene rings is 3. The molecule has 0 bridgehead atoms. The maximum atomic E-state index is 13.4. The molecule has 1 aliphatic heterocycles. The van der Waals surface area contributed by atoms with E-state index >= 15 is 0 Å². The number of urea groups is 1. The topological polar surface area (TPSA) is 109 Å². The van der Waals surface area contributed by atoms with Crippen molar-refractivity contribution < 1.29 is 24.3 Å². The zero-order valence-corrected chi connectivity index (χ0v) is 20.2. The van der Waals surface area contributed by atoms with Crippen molar-refractivity contribution in [2.75, 3.05) is 4.90 Å². The highest BCUT2D eigenvalue weighted by atomic mass is 16.4. The van der Waals surface area contributed by atoms with E-state index in [0.717, 1.165) is 32.5 Å². The molecule has 2 heterocycles. The van der Waals surface area contributed by atoms with Gasteiger partial charge in [-0.05, 0) is 66.9 Å². The fraction of sp³-hybridized carbons (Fsp3) is 0.103. The third kappa shape index (κ3) is 4.52. The average molecular weight is 494 g/mol. The second-order valence-corrected chi connectivity index (χ2v) is 9.04. The fourth-order valence-electron chi connectivity index (χ4n) is 4.65. The summed E-state index contributed by atoms with van der Waals surface area (Å²) >= 11 is 0. The minimum Gasteiger partial charge on any atom is -0.478 e. The van der Waals surface area contributed by atoms with E-state index in [1.165, 1.54) is 12.1 Å². The highest BCUT2D eigenvalue weighted by Crippen LogP contribution is 2.28. The molecular formula is C29H23N3O5. The number of aryl methyl sites for hydroxylation is 2. The first-order valence-electron chi connectivity index (χ1n) is 11.6. The van der Waals surface area contributed by atoms with Crippen LogP contribution in [0, 0.1) is 13.8 Å². The number of imide groups is 2. The lowest BCUT2D eigenvalue weighted by atomic mass is 10.0. The number of amides is 4. The first kappa shape index (κ1) is 23.7. The first-order valence-corrected chi connectivity index (χ1v) is 11.6. The predicted molar refractivity (Wildman–Crippen MR) is 139 cm³/mol. The lowest BCUT2D eigenvalue weighted by molar-refractivity contribution is -0.122. The van der Waals surface area contributed by atoms with Crippen LogP contribution in [0.25, 0.3) is 17.0 Å². The molecular weight excluding hydrogens is 470 g/mol. The van der Waals surface area contributed by atoms with Crippen molar-refractivity contribution in [3.8, 4) is 0 Å². The van der Waals surface area contributed by atoms with Gasteiger partial charge in [0.1, 0.15) is 5.57 Å². The van der Waals surface area contributed by atoms with Gasteiger partial charge in [0.2, 0.25) is 0 Å². The number of aromatic nitrogens is 1. The Morgan fingerprint density at radius 1 is 0.946 bits per heavy atom. The summed E-state index contributed by atoms with van der Waals surface area (Å²) in [6, 6.07) is 18.8. The lowest BCUT2D eigenvalue weighted by Crippen LogP contribution is -2.54. The van der Waals surface area contributed by atoms with Crippen LogP contribution in [-0.4, -0.2) is 33.5 Å². The van der Waals surface area contributed by atoms with Crippen LogP contribution in [0.5, 0.6) is 0 Å². The summed E-state index contributed by atoms with van der Waals surface area (Å²) in [6.07, 6.45) is 3.30. The van der Waals surface area contributed by atoms with E-state index in [2.05, 4.69) is 5.32 Å². The fourth-order valence-corrected chi connectivity index (χ4v) is 4.65. The van der Waals surface area contributed by atoms with Crippen LogP contribution in [-0.2, 0) is 16.1 Å². The minimum atomic E-state index is -1.01. The standard InChI is InChI=1S/C29H23N3O5/c1-17-10-18(2)12-22(11-17)32-27(34)24(26(33)30-29(32)37)14-21-16-31(25-9-4-3-8-23(21)25)15-19-6-5-7-20(13-19)28(35)36/h3-14,16H,15H2,1-2H3,(H,35,36)(H,30,33,37)/b24-14+. The number of carbonyl (C=O) groups is 4. The van der Waals surface area contributed by atoms with Gasteiger partial charge in [0.15, 0.2) is 0 Å². The molecule has 184 valence electrons. The Balaban J connectivity index is 1.56. The Bertz CT molecular complexity index is 1630. The van der Waals surface area contributed by atoms with Gasteiger partial charge in [0.05, 0.1) is 11.3 Å². The highest BCUT2D eigenvalue weighted by Gasteiger charge is 2.37. The summed E-state index contributed by atoms with van der Waals surface area (Å²) in [7, 11) is 0. The van der Waals surface area contributed by atoms with Crippen LogP contribution >= 0.6 is 0 Å². The van der Waals surface area contributed by atoms with Gasteiger partial charge < -0.3 is 9.67 Å². The second kappa shape index (κ2) is 9.23. The summed E-state index contributed by atoms with van der Waals surface area (Å²) in [5, 5.41) is 12.4. The van der Waals surface area contributed by atoms with Crippen LogP contribution in [0.1, 0.15) is 32.6 Å². The summed E-state index contributed by atoms with van der Waals surface area (Å²) < 4.78 is 1.93. The van der Waals surface area contributed by atoms with Gasteiger partial charge in [-0.15, -0.1) is 0 Å². The van der Waals surface area contributed by atoms with E-state index in [1.807, 2.05) is 61.0 Å². The minimum absolute atomic E-state index is 0.158. The van der Waals surface area contributed by atoms with Crippen molar-refractivity contribution in [1.82, 2.24) is 9.88 Å². The molecule has 0 spiro atoms. The van der Waals surface area contributed by atoms with Crippen molar-refractivity contribution >= 4 is 46.5 Å². The van der Waals surface area contributed by atoms with Gasteiger partial charge in [-0.2, -0.15) is 0 Å². The number of aromatic carboxylic acids is 1. The number of hydrogen-bond acceptors (Lipinski definition) is 4. The largest absolute Gasteiger partial charge is 0.478 e. The molecule has 37 heavy (non-hydrogen) atoms. The molecule has 1 saturated heterocycles. The number of carbonyl (C=O) groups excluding carboxylic acids is 3. The maximum absolute atomic E-state index is 13.4. The second-order valence-electron chi connectivity index (χ2n) is 9.04. The Hall–Kier alpha value is -4.98. The Morgan fingerprint density at radius 3 is 2.41 bits per heavy atom. The van der Waals surface area contributed by atoms with Crippen LogP contribution in [0.4, 0.5) is 10.5 Å². The number of carboxylic acid groups (broad SMARTS) is 1. The van der Waals surface area contributed by atoms with E-state index in [0.29, 0.717) is 17.8 Å². The summed E-state index contributed by atoms with van der Waals surface area (Å²) in [5.41, 5.74) is 4.45. The maximum Gasteiger partial charge on any atom is 0.335 e. The predicted octanol–water partition coefficient (Wildman–Crippen LogP) is 4.67. The smallest absolute Gasteiger partial charge is 0.335 e. The van der Waals surface area contributed by atoms with E-state index in [9.17, 15) is 24.3 Å². The highest BCUT2D eigenvalue weighted by molar-refractivity contribution is 6.39. The van der Waals surface area contributed by atoms with Gasteiger partial charge in [0.25, 0.3) is 11.8 Å². The Labute approximate surface area is 212 Å². The van der Waals surface area contributed by atoms with Crippen molar-refractivity contribution in [2.45, 2.75) is 20.4 Å². The van der Waals surface area contributed by atoms with Gasteiger partial charge >= 0.3 is 12.0 Å². The molecule has 0 radical (unpaired) electrons. The first-order chi connectivity index (χ1) is 17.7. The molecule has 4 amide bonds. The van der Waals surface area contributed by atoms with Crippen molar-refractivity contribution in [2.24, 2.45) is 0 Å². The quantitative estimate of drug-likeness (QED) is 0.310. The van der Waals surface area contributed by atoms with E-state index in [4.69, 9.17) is 0 Å². The molecule has 0 saturated carbocycles. The number of para-hydroxylation sites is 1. The number of carboxylic acids is 1. The molecule has 0 unspecified atom stereocenters. The zero-order chi connectivity index (χ0) is 26.3. The Morgan fingerprint density at radius 2 is 1.68 bits per heavy atom. The molecule has 0 atom stereocenters. The third-order valence-electron chi connectivity index (χ3n) is 6.21. The van der Waals surface area contributed by atoms with E-state index in [-0.39, 0.29) is 11.1 Å². The molecule has 4 aromatic rings. The molecule has 2 N–H and O–H groups in total. The summed E-state index contributed by atoms with van der Waals surface area (Å²) in [6.45, 7) is 4.12. The molecule has 8 heteroatoms. The molecule has 5 rings (SSSR count). The van der Waals surface area contributed by atoms with Crippen LogP contribution in [0.15, 0.2) is 78.5 Å². The van der Waals surface area contributed by atoms with Gasteiger partial charge in [-0.1, -0.05) is 36.4 Å². The monoisotopic (exact) mass is 493 g/mol. The van der Waals surface area contributed by atoms with Gasteiger partial charge in [-0.3, -0.25) is 14.9 Å². The van der Waals surface area contributed by atoms with Crippen molar-refractivity contribution in [3.05, 3.63) is 106 Å². The van der Waals surface area contributed by atoms with E-state index < -0.39 is 23.8 Å². The van der Waals surface area contributed by atoms with Crippen LogP contribution in [0.2, 0.25) is 0 Å². The molecule has 8 nitrogen and oxygen atoms in total. The Kier molecular flexibility index (Phi) is 5.93. The SMILES string of the molecule is Cc1cc(C)cc(N2C(=O)NC(=O)/C(=C\c3cn(Cc4cccc(C(=O)O)c4)c4ccccc34)C2=O)c1.